The Morgan fingerprint density at radius 1 is 1.06 bits per heavy atom. The Hall–Kier alpha value is -3.58. The zero-order valence-electron chi connectivity index (χ0n) is 17.1. The second-order valence-electron chi connectivity index (χ2n) is 7.17. The standard InChI is InChI=1S/C24H23FN2O4/c1-27(16-23(28)29)14-11-22(17-5-7-20(25)8-6-17)31-21-4-2-3-19(15-21)24(30)18-9-12-26-13-10-18/h2-10,12-13,15,22H,11,14,16H2,1H3,(H,28,29). The number of ketones is 1. The Labute approximate surface area is 179 Å². The Kier molecular flexibility index (Phi) is 7.45. The van der Waals surface area contributed by atoms with Gasteiger partial charge in [0.05, 0.1) is 6.54 Å². The summed E-state index contributed by atoms with van der Waals surface area (Å²) in [6.45, 7) is 0.371. The summed E-state index contributed by atoms with van der Waals surface area (Å²) in [5.74, 6) is -0.915. The number of aliphatic carboxylic acids is 1. The van der Waals surface area contributed by atoms with Gasteiger partial charge >= 0.3 is 5.97 Å². The molecule has 0 bridgehead atoms. The minimum absolute atomic E-state index is 0.0912. The molecule has 3 rings (SSSR count). The summed E-state index contributed by atoms with van der Waals surface area (Å²) in [6.07, 6.45) is 3.17. The van der Waals surface area contributed by atoms with Crippen LogP contribution in [0.3, 0.4) is 0 Å². The fourth-order valence-corrected chi connectivity index (χ4v) is 3.16. The molecule has 0 spiro atoms. The molecule has 0 fully saturated rings. The Morgan fingerprint density at radius 2 is 1.77 bits per heavy atom. The molecule has 0 aliphatic carbocycles. The van der Waals surface area contributed by atoms with Crippen LogP contribution in [0, 0.1) is 5.82 Å². The van der Waals surface area contributed by atoms with Gasteiger partial charge in [0.15, 0.2) is 5.78 Å². The summed E-state index contributed by atoms with van der Waals surface area (Å²) in [7, 11) is 1.71. The molecule has 0 radical (unpaired) electrons. The third kappa shape index (κ3) is 6.45. The van der Waals surface area contributed by atoms with E-state index in [9.17, 15) is 14.0 Å². The number of benzene rings is 2. The highest BCUT2D eigenvalue weighted by atomic mass is 19.1. The topological polar surface area (TPSA) is 79.7 Å². The van der Waals surface area contributed by atoms with E-state index in [0.717, 1.165) is 5.56 Å². The van der Waals surface area contributed by atoms with Crippen LogP contribution in [-0.4, -0.2) is 46.9 Å². The van der Waals surface area contributed by atoms with Crippen LogP contribution >= 0.6 is 0 Å². The van der Waals surface area contributed by atoms with E-state index in [0.29, 0.717) is 29.8 Å². The van der Waals surface area contributed by atoms with Crippen molar-refractivity contribution in [1.82, 2.24) is 9.88 Å². The number of pyridine rings is 1. The van der Waals surface area contributed by atoms with Crippen molar-refractivity contribution in [2.45, 2.75) is 12.5 Å². The molecule has 0 amide bonds. The second-order valence-corrected chi connectivity index (χ2v) is 7.17. The van der Waals surface area contributed by atoms with Gasteiger partial charge in [0.2, 0.25) is 0 Å². The van der Waals surface area contributed by atoms with Gasteiger partial charge in [-0.1, -0.05) is 24.3 Å². The summed E-state index contributed by atoms with van der Waals surface area (Å²) in [5, 5.41) is 8.96. The van der Waals surface area contributed by atoms with Gasteiger partial charge in [-0.25, -0.2) is 4.39 Å². The number of rotatable bonds is 10. The van der Waals surface area contributed by atoms with Crippen LogP contribution in [0.1, 0.15) is 34.0 Å². The Morgan fingerprint density at radius 3 is 2.45 bits per heavy atom. The molecule has 0 aliphatic heterocycles. The average Bonchev–Trinajstić information content (AvgIpc) is 2.77. The van der Waals surface area contributed by atoms with Gasteiger partial charge in [-0.3, -0.25) is 19.5 Å². The van der Waals surface area contributed by atoms with Gasteiger partial charge in [0.1, 0.15) is 17.7 Å². The van der Waals surface area contributed by atoms with E-state index in [2.05, 4.69) is 4.98 Å². The Bertz CT molecular complexity index is 1030. The van der Waals surface area contributed by atoms with E-state index in [4.69, 9.17) is 9.84 Å². The van der Waals surface area contributed by atoms with Gasteiger partial charge in [-0.15, -0.1) is 0 Å². The zero-order valence-corrected chi connectivity index (χ0v) is 17.1. The number of likely N-dealkylation sites (N-methyl/N-ethyl adjacent to an activating group) is 1. The number of carbonyl (C=O) groups is 2. The first-order valence-corrected chi connectivity index (χ1v) is 9.79. The molecule has 0 aliphatic rings. The van der Waals surface area contributed by atoms with Crippen molar-refractivity contribution in [3.63, 3.8) is 0 Å². The molecule has 31 heavy (non-hydrogen) atoms. The lowest BCUT2D eigenvalue weighted by molar-refractivity contribution is -0.138. The molecular weight excluding hydrogens is 399 g/mol. The molecule has 3 aromatic rings. The summed E-state index contributed by atoms with van der Waals surface area (Å²) >= 11 is 0. The predicted molar refractivity (Wildman–Crippen MR) is 114 cm³/mol. The number of hydrogen-bond donors (Lipinski definition) is 1. The van der Waals surface area contributed by atoms with Crippen molar-refractivity contribution in [2.75, 3.05) is 20.1 Å². The minimum Gasteiger partial charge on any atom is -0.486 e. The van der Waals surface area contributed by atoms with Gasteiger partial charge in [0, 0.05) is 36.5 Å². The first kappa shape index (κ1) is 22.1. The molecule has 1 aromatic heterocycles. The highest BCUT2D eigenvalue weighted by Gasteiger charge is 2.17. The number of ether oxygens (including phenoxy) is 1. The molecule has 0 saturated carbocycles. The van der Waals surface area contributed by atoms with Crippen LogP contribution in [0.15, 0.2) is 73.1 Å². The van der Waals surface area contributed by atoms with Crippen molar-refractivity contribution in [2.24, 2.45) is 0 Å². The lowest BCUT2D eigenvalue weighted by Crippen LogP contribution is -2.28. The van der Waals surface area contributed by atoms with E-state index in [1.165, 1.54) is 12.1 Å². The van der Waals surface area contributed by atoms with Crippen LogP contribution in [0.25, 0.3) is 0 Å². The number of nitrogens with zero attached hydrogens (tertiary/aromatic N) is 2. The average molecular weight is 422 g/mol. The normalized spacial score (nSPS) is 11.8. The van der Waals surface area contributed by atoms with Crippen molar-refractivity contribution in [3.8, 4) is 5.75 Å². The Balaban J connectivity index is 1.79. The molecule has 1 heterocycles. The van der Waals surface area contributed by atoms with Gasteiger partial charge < -0.3 is 9.84 Å². The van der Waals surface area contributed by atoms with Crippen LogP contribution in [0.4, 0.5) is 4.39 Å². The van der Waals surface area contributed by atoms with Crippen LogP contribution in [0.2, 0.25) is 0 Å². The maximum absolute atomic E-state index is 13.4. The molecule has 1 N–H and O–H groups in total. The molecule has 1 unspecified atom stereocenters. The maximum Gasteiger partial charge on any atom is 0.317 e. The summed E-state index contributed by atoms with van der Waals surface area (Å²) in [4.78, 5) is 29.2. The molecular formula is C24H23FN2O4. The van der Waals surface area contributed by atoms with Crippen molar-refractivity contribution < 1.29 is 23.8 Å². The third-order valence-corrected chi connectivity index (χ3v) is 4.74. The smallest absolute Gasteiger partial charge is 0.317 e. The maximum atomic E-state index is 13.4. The molecule has 0 saturated heterocycles. The zero-order chi connectivity index (χ0) is 22.2. The number of aromatic nitrogens is 1. The number of halogens is 1. The van der Waals surface area contributed by atoms with Crippen LogP contribution in [0.5, 0.6) is 5.75 Å². The fourth-order valence-electron chi connectivity index (χ4n) is 3.16. The van der Waals surface area contributed by atoms with E-state index >= 15 is 0 Å². The number of carboxylic acids is 1. The van der Waals surface area contributed by atoms with Crippen molar-refractivity contribution >= 4 is 11.8 Å². The molecule has 6 nitrogen and oxygen atoms in total. The number of carbonyl (C=O) groups excluding carboxylic acids is 1. The SMILES string of the molecule is CN(CCC(Oc1cccc(C(=O)c2ccncc2)c1)c1ccc(F)cc1)CC(=O)O. The summed E-state index contributed by atoms with van der Waals surface area (Å²) in [6, 6.07) is 16.2. The highest BCUT2D eigenvalue weighted by molar-refractivity contribution is 6.09. The number of carboxylic acid groups (broad SMARTS) is 1. The first-order chi connectivity index (χ1) is 14.9. The second kappa shape index (κ2) is 10.4. The van der Waals surface area contributed by atoms with Gasteiger partial charge in [0.25, 0.3) is 0 Å². The van der Waals surface area contributed by atoms with Gasteiger partial charge in [-0.2, -0.15) is 0 Å². The molecule has 2 aromatic carbocycles. The largest absolute Gasteiger partial charge is 0.486 e. The van der Waals surface area contributed by atoms with Crippen molar-refractivity contribution in [1.29, 1.82) is 0 Å². The minimum atomic E-state index is -0.913. The lowest BCUT2D eigenvalue weighted by atomic mass is 10.0. The molecule has 7 heteroatoms. The van der Waals surface area contributed by atoms with Gasteiger partial charge in [-0.05, 0) is 49.0 Å². The fraction of sp³-hybridized carbons (Fsp3) is 0.208. The van der Waals surface area contributed by atoms with Crippen LogP contribution in [-0.2, 0) is 4.79 Å². The predicted octanol–water partition coefficient (Wildman–Crippen LogP) is 3.98. The third-order valence-electron chi connectivity index (χ3n) is 4.74. The monoisotopic (exact) mass is 422 g/mol. The lowest BCUT2D eigenvalue weighted by Gasteiger charge is -2.23. The highest BCUT2D eigenvalue weighted by Crippen LogP contribution is 2.27. The van der Waals surface area contributed by atoms with Crippen molar-refractivity contribution in [3.05, 3.63) is 95.6 Å². The van der Waals surface area contributed by atoms with Crippen LogP contribution < -0.4 is 4.74 Å². The summed E-state index contributed by atoms with van der Waals surface area (Å²) < 4.78 is 19.5. The number of hydrogen-bond acceptors (Lipinski definition) is 5. The quantitative estimate of drug-likeness (QED) is 0.498. The van der Waals surface area contributed by atoms with E-state index in [1.54, 1.807) is 72.9 Å². The van der Waals surface area contributed by atoms with E-state index in [-0.39, 0.29) is 18.1 Å². The molecule has 1 atom stereocenters. The molecule has 160 valence electrons. The van der Waals surface area contributed by atoms with E-state index < -0.39 is 12.1 Å². The first-order valence-electron chi connectivity index (χ1n) is 9.79. The summed E-state index contributed by atoms with van der Waals surface area (Å²) in [5.41, 5.74) is 1.76. The van der Waals surface area contributed by atoms with E-state index in [1.807, 2.05) is 0 Å².